The van der Waals surface area contributed by atoms with Crippen LogP contribution in [-0.2, 0) is 13.6 Å². The summed E-state index contributed by atoms with van der Waals surface area (Å²) in [5.74, 6) is 1.47. The van der Waals surface area contributed by atoms with E-state index in [1.807, 2.05) is 0 Å². The van der Waals surface area contributed by atoms with Crippen LogP contribution in [0.5, 0.6) is 0 Å². The fraction of sp³-hybridized carbons (Fsp3) is 0.714. The predicted molar refractivity (Wildman–Crippen MR) is 71.0 cm³/mol. The lowest BCUT2D eigenvalue weighted by Gasteiger charge is -2.30. The average Bonchev–Trinajstić information content (AvgIpc) is 2.85. The van der Waals surface area contributed by atoms with Crippen LogP contribution in [0.1, 0.15) is 32.7 Å². The average molecular weight is 261 g/mol. The Morgan fingerprint density at radius 3 is 2.68 bits per heavy atom. The van der Waals surface area contributed by atoms with E-state index in [-0.39, 0.29) is 17.4 Å². The largest absolute Gasteiger partial charge is 0.347 e. The summed E-state index contributed by atoms with van der Waals surface area (Å²) in [4.78, 5) is 24.3. The molecule has 102 valence electrons. The minimum absolute atomic E-state index is 0.109. The van der Waals surface area contributed by atoms with E-state index in [0.29, 0.717) is 17.9 Å². The third-order valence-electron chi connectivity index (χ3n) is 5.72. The molecule has 3 atom stereocenters. The summed E-state index contributed by atoms with van der Waals surface area (Å²) in [7, 11) is 1.56. The van der Waals surface area contributed by atoms with Gasteiger partial charge in [0.2, 0.25) is 0 Å². The van der Waals surface area contributed by atoms with Gasteiger partial charge in [-0.2, -0.15) is 0 Å². The van der Waals surface area contributed by atoms with Crippen molar-refractivity contribution in [1.82, 2.24) is 13.9 Å². The number of allylic oxidation sites excluding steroid dienone is 2. The third kappa shape index (κ3) is 1.21. The lowest BCUT2D eigenvalue weighted by molar-refractivity contribution is 0.316. The summed E-state index contributed by atoms with van der Waals surface area (Å²) < 4.78 is 4.51. The Kier molecular flexibility index (Phi) is 1.87. The van der Waals surface area contributed by atoms with Crippen LogP contribution in [0, 0.1) is 17.3 Å². The molecule has 5 heteroatoms. The molecule has 2 heterocycles. The van der Waals surface area contributed by atoms with Crippen molar-refractivity contribution in [2.45, 2.75) is 39.3 Å². The minimum Gasteiger partial charge on any atom is -0.246 e. The molecule has 19 heavy (non-hydrogen) atoms. The molecule has 3 aliphatic rings. The van der Waals surface area contributed by atoms with E-state index in [9.17, 15) is 9.59 Å². The maximum absolute atomic E-state index is 12.2. The van der Waals surface area contributed by atoms with E-state index in [1.54, 1.807) is 16.4 Å². The molecular weight excluding hydrogens is 242 g/mol. The Morgan fingerprint density at radius 2 is 1.95 bits per heavy atom. The number of nitrogens with zero attached hydrogens (tertiary/aromatic N) is 3. The van der Waals surface area contributed by atoms with E-state index in [4.69, 9.17) is 0 Å². The highest BCUT2D eigenvalue weighted by Crippen LogP contribution is 2.67. The van der Waals surface area contributed by atoms with Gasteiger partial charge in [0.05, 0.1) is 12.6 Å². The lowest BCUT2D eigenvalue weighted by Crippen LogP contribution is -2.36. The first kappa shape index (κ1) is 11.3. The molecule has 0 unspecified atom stereocenters. The van der Waals surface area contributed by atoms with Crippen molar-refractivity contribution in [3.63, 3.8) is 0 Å². The maximum atomic E-state index is 12.2. The molecule has 2 fully saturated rings. The van der Waals surface area contributed by atoms with Gasteiger partial charge in [0, 0.05) is 7.05 Å². The zero-order valence-corrected chi connectivity index (χ0v) is 11.6. The van der Waals surface area contributed by atoms with Crippen molar-refractivity contribution >= 4 is 0 Å². The van der Waals surface area contributed by atoms with Gasteiger partial charge in [0.1, 0.15) is 0 Å². The maximum Gasteiger partial charge on any atom is 0.347 e. The van der Waals surface area contributed by atoms with Crippen LogP contribution in [0.4, 0.5) is 0 Å². The van der Waals surface area contributed by atoms with E-state index < -0.39 is 0 Å². The lowest BCUT2D eigenvalue weighted by atomic mass is 9.89. The van der Waals surface area contributed by atoms with E-state index in [2.05, 4.69) is 19.9 Å². The van der Waals surface area contributed by atoms with Crippen molar-refractivity contribution < 1.29 is 0 Å². The molecule has 0 spiro atoms. The second kappa shape index (κ2) is 3.14. The molecule has 0 bridgehead atoms. The van der Waals surface area contributed by atoms with Crippen LogP contribution in [0.3, 0.4) is 0 Å². The van der Waals surface area contributed by atoms with Gasteiger partial charge >= 0.3 is 11.4 Å². The Hall–Kier alpha value is -1.52. The van der Waals surface area contributed by atoms with Crippen molar-refractivity contribution in [1.29, 1.82) is 0 Å². The fourth-order valence-electron chi connectivity index (χ4n) is 4.26. The molecule has 0 radical (unpaired) electrons. The first-order valence-corrected chi connectivity index (χ1v) is 7.00. The van der Waals surface area contributed by atoms with Crippen molar-refractivity contribution in [2.75, 3.05) is 0 Å². The molecule has 2 aliphatic carbocycles. The Labute approximate surface area is 111 Å². The quantitative estimate of drug-likeness (QED) is 0.651. The van der Waals surface area contributed by atoms with E-state index in [1.165, 1.54) is 10.1 Å². The van der Waals surface area contributed by atoms with Gasteiger partial charge in [-0.05, 0) is 35.7 Å². The SMILES string of the molecule is Cn1c(=O)n2n(c1=O)[C@H]1C[C@H]3[C@@H](CC1=CC2)C3(C)C. The summed E-state index contributed by atoms with van der Waals surface area (Å²) in [5, 5.41) is 0. The van der Waals surface area contributed by atoms with Crippen molar-refractivity contribution in [3.8, 4) is 0 Å². The fourth-order valence-corrected chi connectivity index (χ4v) is 4.26. The van der Waals surface area contributed by atoms with Crippen LogP contribution in [0.2, 0.25) is 0 Å². The summed E-state index contributed by atoms with van der Waals surface area (Å²) in [6.07, 6.45) is 4.26. The van der Waals surface area contributed by atoms with Crippen LogP contribution < -0.4 is 11.4 Å². The summed E-state index contributed by atoms with van der Waals surface area (Å²) in [6.45, 7) is 5.18. The molecule has 5 nitrogen and oxygen atoms in total. The van der Waals surface area contributed by atoms with Gasteiger partial charge in [0.25, 0.3) is 0 Å². The number of hydrogen-bond acceptors (Lipinski definition) is 2. The molecule has 0 amide bonds. The molecule has 0 N–H and O–H groups in total. The second-order valence-corrected chi connectivity index (χ2v) is 6.82. The van der Waals surface area contributed by atoms with Crippen molar-refractivity contribution in [2.24, 2.45) is 24.3 Å². The Morgan fingerprint density at radius 1 is 1.21 bits per heavy atom. The van der Waals surface area contributed by atoms with Gasteiger partial charge in [-0.25, -0.2) is 23.5 Å². The molecule has 0 aromatic carbocycles. The van der Waals surface area contributed by atoms with E-state index in [0.717, 1.165) is 18.8 Å². The van der Waals surface area contributed by atoms with Crippen LogP contribution in [0.15, 0.2) is 21.2 Å². The molecule has 1 aliphatic heterocycles. The molecule has 0 saturated heterocycles. The first-order valence-electron chi connectivity index (χ1n) is 7.00. The monoisotopic (exact) mass is 261 g/mol. The number of fused-ring (bicyclic) bond motifs is 4. The number of rotatable bonds is 0. The van der Waals surface area contributed by atoms with Gasteiger partial charge in [-0.15, -0.1) is 0 Å². The topological polar surface area (TPSA) is 48.9 Å². The Balaban J connectivity index is 1.85. The standard InChI is InChI=1S/C14H19N3O2/c1-14(2)9-6-8-4-5-16-12(18)15(3)13(19)17(16)11(8)7-10(9)14/h4,9-11H,5-7H2,1-3H3/t9-,10+,11+/m1/s1. The molecule has 1 aromatic rings. The van der Waals surface area contributed by atoms with Crippen LogP contribution in [0.25, 0.3) is 0 Å². The summed E-state index contributed by atoms with van der Waals surface area (Å²) >= 11 is 0. The molecular formula is C14H19N3O2. The third-order valence-corrected chi connectivity index (χ3v) is 5.72. The molecule has 4 rings (SSSR count). The normalized spacial score (nSPS) is 34.1. The highest BCUT2D eigenvalue weighted by atomic mass is 16.2. The van der Waals surface area contributed by atoms with E-state index >= 15 is 0 Å². The molecule has 2 saturated carbocycles. The Bertz CT molecular complexity index is 716. The predicted octanol–water partition coefficient (Wildman–Crippen LogP) is 0.896. The summed E-state index contributed by atoms with van der Waals surface area (Å²) in [5.41, 5.74) is 1.40. The van der Waals surface area contributed by atoms with Crippen molar-refractivity contribution in [3.05, 3.63) is 32.6 Å². The first-order chi connectivity index (χ1) is 8.93. The highest BCUT2D eigenvalue weighted by Gasteiger charge is 2.61. The van der Waals surface area contributed by atoms with Crippen LogP contribution >= 0.6 is 0 Å². The smallest absolute Gasteiger partial charge is 0.246 e. The minimum atomic E-state index is -0.197. The van der Waals surface area contributed by atoms with Crippen LogP contribution in [-0.4, -0.2) is 13.9 Å². The number of aromatic nitrogens is 3. The highest BCUT2D eigenvalue weighted by molar-refractivity contribution is 5.24. The van der Waals surface area contributed by atoms with Gasteiger partial charge < -0.3 is 0 Å². The summed E-state index contributed by atoms with van der Waals surface area (Å²) in [6, 6.07) is 0.109. The van der Waals surface area contributed by atoms with Gasteiger partial charge in [0.15, 0.2) is 0 Å². The second-order valence-electron chi connectivity index (χ2n) is 6.82. The van der Waals surface area contributed by atoms with Gasteiger partial charge in [-0.1, -0.05) is 19.9 Å². The van der Waals surface area contributed by atoms with Gasteiger partial charge in [-0.3, -0.25) is 0 Å². The molecule has 1 aromatic heterocycles. The zero-order chi connectivity index (χ0) is 13.5. The number of hydrogen-bond donors (Lipinski definition) is 0. The zero-order valence-electron chi connectivity index (χ0n) is 11.6.